The van der Waals surface area contributed by atoms with E-state index in [0.717, 1.165) is 25.8 Å². The number of nitrogens with zero attached hydrogens (tertiary/aromatic N) is 2. The van der Waals surface area contributed by atoms with Crippen LogP contribution in [-0.4, -0.2) is 40.1 Å². The second-order valence-electron chi connectivity index (χ2n) is 4.52. The Labute approximate surface area is 112 Å². The average molecular weight is 269 g/mol. The van der Waals surface area contributed by atoms with E-state index >= 15 is 0 Å². The van der Waals surface area contributed by atoms with E-state index in [1.54, 1.807) is 12.1 Å². The van der Waals surface area contributed by atoms with Gasteiger partial charge >= 0.3 is 0 Å². The van der Waals surface area contributed by atoms with Crippen molar-refractivity contribution in [2.75, 3.05) is 13.2 Å². The van der Waals surface area contributed by atoms with Gasteiger partial charge in [-0.1, -0.05) is 11.6 Å². The molecule has 1 unspecified atom stereocenters. The highest BCUT2D eigenvalue weighted by Gasteiger charge is 2.27. The molecular weight excluding hydrogens is 252 g/mol. The molecule has 1 aromatic heterocycles. The first-order valence-corrected chi connectivity index (χ1v) is 6.63. The normalized spacial score (nSPS) is 19.9. The summed E-state index contributed by atoms with van der Waals surface area (Å²) in [7, 11) is 0. The molecule has 0 aliphatic carbocycles. The van der Waals surface area contributed by atoms with Crippen LogP contribution in [0.5, 0.6) is 0 Å². The zero-order valence-corrected chi connectivity index (χ0v) is 10.9. The molecule has 1 aromatic rings. The van der Waals surface area contributed by atoms with E-state index in [1.165, 1.54) is 6.20 Å². The van der Waals surface area contributed by atoms with Gasteiger partial charge in [-0.15, -0.1) is 0 Å². The van der Waals surface area contributed by atoms with Gasteiger partial charge in [0.1, 0.15) is 5.69 Å². The molecule has 2 heterocycles. The van der Waals surface area contributed by atoms with Crippen molar-refractivity contribution in [3.8, 4) is 0 Å². The van der Waals surface area contributed by atoms with Crippen LogP contribution < -0.4 is 0 Å². The Morgan fingerprint density at radius 2 is 2.33 bits per heavy atom. The summed E-state index contributed by atoms with van der Waals surface area (Å²) in [6, 6.07) is 3.45. The van der Waals surface area contributed by atoms with Gasteiger partial charge in [-0.25, -0.2) is 4.98 Å². The summed E-state index contributed by atoms with van der Waals surface area (Å²) in [4.78, 5) is 18.2. The van der Waals surface area contributed by atoms with Crippen LogP contribution in [-0.2, 0) is 0 Å². The Bertz CT molecular complexity index is 406. The molecule has 1 aliphatic rings. The molecule has 1 N–H and O–H groups in total. The minimum Gasteiger partial charge on any atom is -0.396 e. The second-order valence-corrected chi connectivity index (χ2v) is 4.96. The smallest absolute Gasteiger partial charge is 0.272 e. The van der Waals surface area contributed by atoms with Crippen molar-refractivity contribution in [2.45, 2.75) is 31.7 Å². The lowest BCUT2D eigenvalue weighted by atomic mass is 9.99. The zero-order chi connectivity index (χ0) is 13.0. The Morgan fingerprint density at radius 3 is 3.00 bits per heavy atom. The third-order valence-electron chi connectivity index (χ3n) is 3.30. The Kier molecular flexibility index (Phi) is 4.55. The number of amides is 1. The minimum atomic E-state index is -0.0650. The molecule has 1 aliphatic heterocycles. The number of hydrogen-bond acceptors (Lipinski definition) is 3. The summed E-state index contributed by atoms with van der Waals surface area (Å²) in [6.07, 6.45) is 5.21. The van der Waals surface area contributed by atoms with E-state index in [-0.39, 0.29) is 18.6 Å². The molecule has 18 heavy (non-hydrogen) atoms. The number of carbonyl (C=O) groups is 1. The van der Waals surface area contributed by atoms with Gasteiger partial charge in [-0.2, -0.15) is 0 Å². The molecule has 4 nitrogen and oxygen atoms in total. The summed E-state index contributed by atoms with van der Waals surface area (Å²) in [5, 5.41) is 9.58. The quantitative estimate of drug-likeness (QED) is 0.914. The van der Waals surface area contributed by atoms with Crippen LogP contribution in [0, 0.1) is 0 Å². The highest BCUT2D eigenvalue weighted by atomic mass is 35.5. The van der Waals surface area contributed by atoms with Crippen LogP contribution in [0.25, 0.3) is 0 Å². The third-order valence-corrected chi connectivity index (χ3v) is 3.52. The number of rotatable bonds is 3. The fourth-order valence-corrected chi connectivity index (χ4v) is 2.48. The average Bonchev–Trinajstić information content (AvgIpc) is 2.40. The minimum absolute atomic E-state index is 0.0650. The number of aliphatic hydroxyl groups is 1. The van der Waals surface area contributed by atoms with Crippen molar-refractivity contribution in [2.24, 2.45) is 0 Å². The van der Waals surface area contributed by atoms with Crippen molar-refractivity contribution in [1.82, 2.24) is 9.88 Å². The molecule has 5 heteroatoms. The number of likely N-dealkylation sites (tertiary alicyclic amines) is 1. The van der Waals surface area contributed by atoms with Gasteiger partial charge in [-0.3, -0.25) is 4.79 Å². The van der Waals surface area contributed by atoms with Crippen molar-refractivity contribution in [3.63, 3.8) is 0 Å². The van der Waals surface area contributed by atoms with Crippen LogP contribution >= 0.6 is 11.6 Å². The maximum absolute atomic E-state index is 12.3. The van der Waals surface area contributed by atoms with Crippen LogP contribution in [0.15, 0.2) is 18.3 Å². The fraction of sp³-hybridized carbons (Fsp3) is 0.538. The van der Waals surface area contributed by atoms with Gasteiger partial charge in [0.25, 0.3) is 5.91 Å². The third kappa shape index (κ3) is 3.00. The van der Waals surface area contributed by atoms with E-state index in [2.05, 4.69) is 4.98 Å². The van der Waals surface area contributed by atoms with E-state index in [4.69, 9.17) is 16.7 Å². The SMILES string of the molecule is O=C(c1ccc(Cl)cn1)N1CCCCC1CCO. The molecule has 1 saturated heterocycles. The molecule has 0 radical (unpaired) electrons. The van der Waals surface area contributed by atoms with Gasteiger partial charge in [0, 0.05) is 25.4 Å². The number of halogens is 1. The summed E-state index contributed by atoms with van der Waals surface area (Å²) >= 11 is 5.76. The van der Waals surface area contributed by atoms with E-state index < -0.39 is 0 Å². The summed E-state index contributed by atoms with van der Waals surface area (Å²) in [5.74, 6) is -0.0650. The fourth-order valence-electron chi connectivity index (χ4n) is 2.37. The highest BCUT2D eigenvalue weighted by molar-refractivity contribution is 6.30. The number of aromatic nitrogens is 1. The molecule has 0 bridgehead atoms. The van der Waals surface area contributed by atoms with Gasteiger partial charge in [-0.05, 0) is 37.8 Å². The first-order valence-electron chi connectivity index (χ1n) is 6.26. The monoisotopic (exact) mass is 268 g/mol. The number of pyridine rings is 1. The van der Waals surface area contributed by atoms with Crippen LogP contribution in [0.3, 0.4) is 0 Å². The maximum Gasteiger partial charge on any atom is 0.272 e. The summed E-state index contributed by atoms with van der Waals surface area (Å²) in [6.45, 7) is 0.857. The number of piperidine rings is 1. The Morgan fingerprint density at radius 1 is 1.50 bits per heavy atom. The van der Waals surface area contributed by atoms with Crippen molar-refractivity contribution >= 4 is 17.5 Å². The predicted octanol–water partition coefficient (Wildman–Crippen LogP) is 2.11. The molecule has 1 fully saturated rings. The van der Waals surface area contributed by atoms with Gasteiger partial charge in [0.15, 0.2) is 0 Å². The van der Waals surface area contributed by atoms with Crippen LogP contribution in [0.4, 0.5) is 0 Å². The standard InChI is InChI=1S/C13H17ClN2O2/c14-10-4-5-12(15-9-10)13(18)16-7-2-1-3-11(16)6-8-17/h4-5,9,11,17H,1-3,6-8H2. The van der Waals surface area contributed by atoms with Crippen molar-refractivity contribution in [1.29, 1.82) is 0 Å². The lowest BCUT2D eigenvalue weighted by Gasteiger charge is -2.35. The summed E-state index contributed by atoms with van der Waals surface area (Å²) < 4.78 is 0. The first kappa shape index (κ1) is 13.3. The first-order chi connectivity index (χ1) is 8.72. The molecule has 0 spiro atoms. The number of aliphatic hydroxyl groups excluding tert-OH is 1. The lowest BCUT2D eigenvalue weighted by Crippen LogP contribution is -2.44. The Hall–Kier alpha value is -1.13. The molecular formula is C13H17ClN2O2. The van der Waals surface area contributed by atoms with Gasteiger partial charge in [0.05, 0.1) is 5.02 Å². The molecule has 98 valence electrons. The zero-order valence-electron chi connectivity index (χ0n) is 10.2. The largest absolute Gasteiger partial charge is 0.396 e. The van der Waals surface area contributed by atoms with Gasteiger partial charge in [0.2, 0.25) is 0 Å². The van der Waals surface area contributed by atoms with E-state index in [1.807, 2.05) is 4.90 Å². The van der Waals surface area contributed by atoms with Crippen LogP contribution in [0.2, 0.25) is 5.02 Å². The van der Waals surface area contributed by atoms with E-state index in [9.17, 15) is 4.79 Å². The molecule has 1 atom stereocenters. The van der Waals surface area contributed by atoms with Gasteiger partial charge < -0.3 is 10.0 Å². The highest BCUT2D eigenvalue weighted by Crippen LogP contribution is 2.21. The lowest BCUT2D eigenvalue weighted by molar-refractivity contribution is 0.0568. The number of carbonyl (C=O) groups excluding carboxylic acids is 1. The van der Waals surface area contributed by atoms with Crippen LogP contribution in [0.1, 0.15) is 36.2 Å². The van der Waals surface area contributed by atoms with Crippen molar-refractivity contribution in [3.05, 3.63) is 29.0 Å². The van der Waals surface area contributed by atoms with E-state index in [0.29, 0.717) is 17.1 Å². The second kappa shape index (κ2) is 6.16. The summed E-state index contributed by atoms with van der Waals surface area (Å²) in [5.41, 5.74) is 0.421. The molecule has 0 saturated carbocycles. The molecule has 2 rings (SSSR count). The topological polar surface area (TPSA) is 53.4 Å². The molecule has 0 aromatic carbocycles. The number of hydrogen-bond donors (Lipinski definition) is 1. The van der Waals surface area contributed by atoms with Crippen molar-refractivity contribution < 1.29 is 9.90 Å². The maximum atomic E-state index is 12.3. The molecule has 1 amide bonds. The predicted molar refractivity (Wildman–Crippen MR) is 69.6 cm³/mol. The Balaban J connectivity index is 2.12.